The summed E-state index contributed by atoms with van der Waals surface area (Å²) in [6.07, 6.45) is 0. The molecule has 0 aliphatic carbocycles. The molecule has 3 N–H and O–H groups in total. The van der Waals surface area contributed by atoms with Crippen molar-refractivity contribution < 1.29 is 19.4 Å². The molecule has 1 aliphatic heterocycles. The van der Waals surface area contributed by atoms with Crippen molar-refractivity contribution in [2.45, 2.75) is 32.4 Å². The van der Waals surface area contributed by atoms with Gasteiger partial charge in [0, 0.05) is 0 Å². The summed E-state index contributed by atoms with van der Waals surface area (Å²) in [6.45, 7) is 6.04. The molecule has 6 heteroatoms. The van der Waals surface area contributed by atoms with Gasteiger partial charge in [0.1, 0.15) is 5.60 Å². The smallest absolute Gasteiger partial charge is 0.332 e. The SMILES string of the molecule is CCOC(=O)C(N)C(=O)N1CC(O)(C(C)C)C1. The molecule has 1 aliphatic rings. The van der Waals surface area contributed by atoms with Crippen LogP contribution in [0.5, 0.6) is 0 Å². The van der Waals surface area contributed by atoms with E-state index in [1.807, 2.05) is 13.8 Å². The quantitative estimate of drug-likeness (QED) is 0.494. The molecule has 0 aromatic carbocycles. The number of carbonyl (C=O) groups is 2. The van der Waals surface area contributed by atoms with Crippen molar-refractivity contribution in [2.75, 3.05) is 19.7 Å². The van der Waals surface area contributed by atoms with E-state index in [2.05, 4.69) is 4.74 Å². The summed E-state index contributed by atoms with van der Waals surface area (Å²) in [4.78, 5) is 24.4. The van der Waals surface area contributed by atoms with Crippen LogP contribution in [0.4, 0.5) is 0 Å². The fourth-order valence-electron chi connectivity index (χ4n) is 1.67. The van der Waals surface area contributed by atoms with Gasteiger partial charge in [-0.15, -0.1) is 0 Å². The lowest BCUT2D eigenvalue weighted by Gasteiger charge is -2.49. The van der Waals surface area contributed by atoms with Crippen LogP contribution in [0.15, 0.2) is 0 Å². The highest BCUT2D eigenvalue weighted by Gasteiger charge is 2.47. The highest BCUT2D eigenvalue weighted by Crippen LogP contribution is 2.28. The van der Waals surface area contributed by atoms with Crippen molar-refractivity contribution in [1.29, 1.82) is 0 Å². The normalized spacial score (nSPS) is 19.8. The monoisotopic (exact) mass is 244 g/mol. The van der Waals surface area contributed by atoms with Crippen LogP contribution in [0, 0.1) is 5.92 Å². The molecular weight excluding hydrogens is 224 g/mol. The van der Waals surface area contributed by atoms with Crippen LogP contribution in [0.1, 0.15) is 20.8 Å². The van der Waals surface area contributed by atoms with Crippen LogP contribution in [-0.2, 0) is 14.3 Å². The number of rotatable bonds is 4. The summed E-state index contributed by atoms with van der Waals surface area (Å²) in [5.41, 5.74) is 4.62. The van der Waals surface area contributed by atoms with Gasteiger partial charge in [0.15, 0.2) is 6.04 Å². The molecule has 1 heterocycles. The molecule has 1 atom stereocenters. The molecule has 1 fully saturated rings. The minimum absolute atomic E-state index is 0.0605. The third-order valence-electron chi connectivity index (χ3n) is 3.12. The van der Waals surface area contributed by atoms with E-state index in [1.54, 1.807) is 6.92 Å². The first-order valence-electron chi connectivity index (χ1n) is 5.75. The molecule has 1 amide bonds. The van der Waals surface area contributed by atoms with Crippen LogP contribution >= 0.6 is 0 Å². The van der Waals surface area contributed by atoms with Gasteiger partial charge < -0.3 is 20.5 Å². The van der Waals surface area contributed by atoms with Gasteiger partial charge in [-0.25, -0.2) is 4.79 Å². The molecule has 6 nitrogen and oxygen atoms in total. The van der Waals surface area contributed by atoms with Crippen molar-refractivity contribution in [3.05, 3.63) is 0 Å². The number of β-amino-alcohol motifs (C(OH)–C–C–N with tert-alkyl or cyclic N) is 1. The molecule has 0 aromatic heterocycles. The minimum atomic E-state index is -1.29. The highest BCUT2D eigenvalue weighted by atomic mass is 16.5. The Morgan fingerprint density at radius 1 is 1.47 bits per heavy atom. The maximum absolute atomic E-state index is 11.7. The standard InChI is InChI=1S/C11H20N2O4/c1-4-17-10(15)8(12)9(14)13-5-11(16,6-13)7(2)3/h7-8,16H,4-6,12H2,1-3H3. The van der Waals surface area contributed by atoms with Gasteiger partial charge in [-0.1, -0.05) is 13.8 Å². The van der Waals surface area contributed by atoms with Crippen LogP contribution in [0.25, 0.3) is 0 Å². The number of amides is 1. The highest BCUT2D eigenvalue weighted by molar-refractivity contribution is 6.02. The minimum Gasteiger partial charge on any atom is -0.464 e. The van der Waals surface area contributed by atoms with Crippen molar-refractivity contribution in [3.8, 4) is 0 Å². The van der Waals surface area contributed by atoms with E-state index in [9.17, 15) is 14.7 Å². The van der Waals surface area contributed by atoms with Gasteiger partial charge in [0.2, 0.25) is 0 Å². The molecule has 1 unspecified atom stereocenters. The van der Waals surface area contributed by atoms with Crippen molar-refractivity contribution in [2.24, 2.45) is 11.7 Å². The first kappa shape index (κ1) is 13.9. The van der Waals surface area contributed by atoms with E-state index in [0.29, 0.717) is 0 Å². The van der Waals surface area contributed by atoms with E-state index >= 15 is 0 Å². The molecular formula is C11H20N2O4. The van der Waals surface area contributed by atoms with E-state index in [-0.39, 0.29) is 25.6 Å². The predicted octanol–water partition coefficient (Wildman–Crippen LogP) is -0.894. The molecule has 1 rings (SSSR count). The lowest BCUT2D eigenvalue weighted by Crippen LogP contribution is -2.68. The summed E-state index contributed by atoms with van der Waals surface area (Å²) in [6, 6.07) is -1.29. The Bertz CT molecular complexity index is 311. The van der Waals surface area contributed by atoms with Crippen LogP contribution in [0.3, 0.4) is 0 Å². The molecule has 0 bridgehead atoms. The predicted molar refractivity (Wildman–Crippen MR) is 61.0 cm³/mol. The Morgan fingerprint density at radius 2 is 2.00 bits per heavy atom. The molecule has 1 saturated heterocycles. The number of carbonyl (C=O) groups excluding carboxylic acids is 2. The topological polar surface area (TPSA) is 92.9 Å². The van der Waals surface area contributed by atoms with E-state index in [1.165, 1.54) is 4.90 Å². The molecule has 17 heavy (non-hydrogen) atoms. The zero-order valence-corrected chi connectivity index (χ0v) is 10.5. The molecule has 0 saturated carbocycles. The maximum atomic E-state index is 11.7. The number of hydrogen-bond acceptors (Lipinski definition) is 5. The average molecular weight is 244 g/mol. The van der Waals surface area contributed by atoms with E-state index in [0.717, 1.165) is 0 Å². The summed E-state index contributed by atoms with van der Waals surface area (Å²) < 4.78 is 4.67. The number of nitrogens with two attached hydrogens (primary N) is 1. The number of nitrogens with zero attached hydrogens (tertiary/aromatic N) is 1. The molecule has 0 radical (unpaired) electrons. The van der Waals surface area contributed by atoms with E-state index in [4.69, 9.17) is 5.73 Å². The zero-order valence-electron chi connectivity index (χ0n) is 10.5. The molecule has 0 aromatic rings. The first-order valence-corrected chi connectivity index (χ1v) is 5.75. The maximum Gasteiger partial charge on any atom is 0.332 e. The van der Waals surface area contributed by atoms with Gasteiger partial charge in [-0.2, -0.15) is 0 Å². The van der Waals surface area contributed by atoms with Crippen LogP contribution in [0.2, 0.25) is 0 Å². The van der Waals surface area contributed by atoms with Gasteiger partial charge >= 0.3 is 5.97 Å². The van der Waals surface area contributed by atoms with Gasteiger partial charge in [0.05, 0.1) is 19.7 Å². The Morgan fingerprint density at radius 3 is 2.41 bits per heavy atom. The summed E-state index contributed by atoms with van der Waals surface area (Å²) in [5, 5.41) is 9.98. The Balaban J connectivity index is 2.49. The number of ether oxygens (including phenoxy) is 1. The lowest BCUT2D eigenvalue weighted by atomic mass is 9.82. The average Bonchev–Trinajstić information content (AvgIpc) is 2.22. The molecule has 0 spiro atoms. The van der Waals surface area contributed by atoms with Crippen LogP contribution < -0.4 is 5.73 Å². The fourth-order valence-corrected chi connectivity index (χ4v) is 1.67. The third kappa shape index (κ3) is 2.76. The first-order chi connectivity index (χ1) is 7.81. The Kier molecular flexibility index (Phi) is 4.11. The summed E-state index contributed by atoms with van der Waals surface area (Å²) in [7, 11) is 0. The largest absolute Gasteiger partial charge is 0.464 e. The number of aliphatic hydroxyl groups is 1. The summed E-state index contributed by atoms with van der Waals surface area (Å²) >= 11 is 0. The third-order valence-corrected chi connectivity index (χ3v) is 3.12. The second kappa shape index (κ2) is 5.01. The summed E-state index contributed by atoms with van der Waals surface area (Å²) in [5.74, 6) is -1.16. The molecule has 98 valence electrons. The van der Waals surface area contributed by atoms with Crippen molar-refractivity contribution in [3.63, 3.8) is 0 Å². The van der Waals surface area contributed by atoms with E-state index < -0.39 is 23.5 Å². The fraction of sp³-hybridized carbons (Fsp3) is 0.818. The van der Waals surface area contributed by atoms with Crippen molar-refractivity contribution in [1.82, 2.24) is 4.90 Å². The lowest BCUT2D eigenvalue weighted by molar-refractivity contribution is -0.169. The second-order valence-electron chi connectivity index (χ2n) is 4.68. The van der Waals surface area contributed by atoms with Gasteiger partial charge in [-0.05, 0) is 12.8 Å². The number of esters is 1. The van der Waals surface area contributed by atoms with Crippen LogP contribution in [-0.4, -0.2) is 53.2 Å². The van der Waals surface area contributed by atoms with Crippen molar-refractivity contribution >= 4 is 11.9 Å². The second-order valence-corrected chi connectivity index (χ2v) is 4.68. The Hall–Kier alpha value is -1.14. The zero-order chi connectivity index (χ0) is 13.2. The van der Waals surface area contributed by atoms with Gasteiger partial charge in [0.25, 0.3) is 5.91 Å². The number of likely N-dealkylation sites (tertiary alicyclic amines) is 1. The Labute approximate surface area is 101 Å². The number of hydrogen-bond donors (Lipinski definition) is 2. The van der Waals surface area contributed by atoms with Gasteiger partial charge in [-0.3, -0.25) is 4.79 Å².